The predicted molar refractivity (Wildman–Crippen MR) is 71.0 cm³/mol. The van der Waals surface area contributed by atoms with Crippen LogP contribution < -0.4 is 10.5 Å². The molecule has 6 heteroatoms. The van der Waals surface area contributed by atoms with Gasteiger partial charge in [0.25, 0.3) is 0 Å². The summed E-state index contributed by atoms with van der Waals surface area (Å²) in [5.41, 5.74) is 4.84. The predicted octanol–water partition coefficient (Wildman–Crippen LogP) is 1.83. The summed E-state index contributed by atoms with van der Waals surface area (Å²) in [5, 5.41) is 8.93. The molecule has 0 amide bonds. The summed E-state index contributed by atoms with van der Waals surface area (Å²) in [6.45, 7) is 4.08. The Hall–Kier alpha value is -1.82. The highest BCUT2D eigenvalue weighted by Gasteiger charge is 2.23. The van der Waals surface area contributed by atoms with Gasteiger partial charge in [-0.1, -0.05) is 0 Å². The first-order valence-corrected chi connectivity index (χ1v) is 5.77. The number of nitrogen functional groups attached to an aromatic ring is 1. The maximum Gasteiger partial charge on any atom is 0.337 e. The Balaban J connectivity index is 2.96. The van der Waals surface area contributed by atoms with Crippen LogP contribution in [0, 0.1) is 5.82 Å². The van der Waals surface area contributed by atoms with Crippen LogP contribution >= 0.6 is 0 Å². The van der Waals surface area contributed by atoms with Crippen molar-refractivity contribution in [3.05, 3.63) is 23.5 Å². The Morgan fingerprint density at radius 3 is 2.53 bits per heavy atom. The fourth-order valence-corrected chi connectivity index (χ4v) is 1.25. The molecule has 1 rings (SSSR count). The van der Waals surface area contributed by atoms with Crippen LogP contribution in [0.1, 0.15) is 24.2 Å². The second-order valence-corrected chi connectivity index (χ2v) is 5.17. The number of nitrogens with zero attached hydrogens (tertiary/aromatic N) is 1. The summed E-state index contributed by atoms with van der Waals surface area (Å²) >= 11 is 0. The number of hydrogen-bond acceptors (Lipinski definition) is 4. The van der Waals surface area contributed by atoms with Crippen LogP contribution in [0.5, 0.6) is 5.75 Å². The van der Waals surface area contributed by atoms with Gasteiger partial charge >= 0.3 is 5.97 Å². The van der Waals surface area contributed by atoms with Gasteiger partial charge in [-0.25, -0.2) is 9.18 Å². The van der Waals surface area contributed by atoms with E-state index in [1.165, 1.54) is 0 Å². The normalized spacial score (nSPS) is 11.7. The molecular weight excluding hydrogens is 251 g/mol. The monoisotopic (exact) mass is 270 g/mol. The summed E-state index contributed by atoms with van der Waals surface area (Å²) < 4.78 is 19.0. The van der Waals surface area contributed by atoms with E-state index in [0.29, 0.717) is 0 Å². The fourth-order valence-electron chi connectivity index (χ4n) is 1.25. The van der Waals surface area contributed by atoms with Crippen molar-refractivity contribution in [2.24, 2.45) is 0 Å². The van der Waals surface area contributed by atoms with Gasteiger partial charge < -0.3 is 20.5 Å². The summed E-state index contributed by atoms with van der Waals surface area (Å²) in [5.74, 6) is -1.99. The van der Waals surface area contributed by atoms with Gasteiger partial charge in [0, 0.05) is 17.3 Å². The number of carbonyl (C=O) groups is 1. The van der Waals surface area contributed by atoms with E-state index in [2.05, 4.69) is 0 Å². The van der Waals surface area contributed by atoms with Crippen molar-refractivity contribution in [2.75, 3.05) is 26.4 Å². The number of nitrogens with two attached hydrogens (primary N) is 1. The van der Waals surface area contributed by atoms with E-state index in [0.717, 1.165) is 12.1 Å². The smallest absolute Gasteiger partial charge is 0.337 e. The van der Waals surface area contributed by atoms with Crippen LogP contribution in [0.3, 0.4) is 0 Å². The molecule has 0 radical (unpaired) electrons. The van der Waals surface area contributed by atoms with Gasteiger partial charge in [0.1, 0.15) is 6.61 Å². The zero-order valence-electron chi connectivity index (χ0n) is 11.5. The van der Waals surface area contributed by atoms with E-state index in [1.54, 1.807) is 0 Å². The molecule has 0 aromatic heterocycles. The van der Waals surface area contributed by atoms with Gasteiger partial charge in [-0.2, -0.15) is 0 Å². The molecule has 0 aliphatic heterocycles. The van der Waals surface area contributed by atoms with Crippen molar-refractivity contribution < 1.29 is 19.0 Å². The third kappa shape index (κ3) is 3.57. The van der Waals surface area contributed by atoms with E-state index in [4.69, 9.17) is 15.6 Å². The SMILES string of the molecule is CN(C)C(C)(C)COc1cc(C(=O)O)c(N)cc1F. The molecule has 0 bridgehead atoms. The molecule has 0 aliphatic rings. The molecule has 106 valence electrons. The van der Waals surface area contributed by atoms with Gasteiger partial charge in [0.2, 0.25) is 0 Å². The van der Waals surface area contributed by atoms with E-state index in [-0.39, 0.29) is 29.1 Å². The van der Waals surface area contributed by atoms with Crippen molar-refractivity contribution >= 4 is 11.7 Å². The fraction of sp³-hybridized carbons (Fsp3) is 0.462. The quantitative estimate of drug-likeness (QED) is 0.798. The molecule has 0 heterocycles. The zero-order chi connectivity index (χ0) is 14.8. The lowest BCUT2D eigenvalue weighted by molar-refractivity contribution is 0.0696. The number of hydrogen-bond donors (Lipinski definition) is 2. The molecule has 0 spiro atoms. The highest BCUT2D eigenvalue weighted by molar-refractivity contribution is 5.94. The Labute approximate surface area is 111 Å². The van der Waals surface area contributed by atoms with Crippen LogP contribution in [0.4, 0.5) is 10.1 Å². The Morgan fingerprint density at radius 2 is 2.05 bits per heavy atom. The van der Waals surface area contributed by atoms with E-state index in [1.807, 2.05) is 32.8 Å². The number of carboxylic acids is 1. The summed E-state index contributed by atoms with van der Waals surface area (Å²) in [4.78, 5) is 12.9. The number of carboxylic acid groups (broad SMARTS) is 1. The van der Waals surface area contributed by atoms with E-state index >= 15 is 0 Å². The number of aromatic carboxylic acids is 1. The second kappa shape index (κ2) is 5.44. The van der Waals surface area contributed by atoms with Crippen molar-refractivity contribution in [1.29, 1.82) is 0 Å². The number of halogens is 1. The molecule has 5 nitrogen and oxygen atoms in total. The second-order valence-electron chi connectivity index (χ2n) is 5.17. The molecule has 0 atom stereocenters. The first kappa shape index (κ1) is 15.2. The lowest BCUT2D eigenvalue weighted by Gasteiger charge is -2.32. The number of likely N-dealkylation sites (N-methyl/N-ethyl adjacent to an activating group) is 1. The van der Waals surface area contributed by atoms with Gasteiger partial charge in [-0.3, -0.25) is 0 Å². The molecule has 0 saturated carbocycles. The van der Waals surface area contributed by atoms with Crippen LogP contribution in [0.2, 0.25) is 0 Å². The summed E-state index contributed by atoms with van der Waals surface area (Å²) in [6, 6.07) is 2.07. The maximum atomic E-state index is 13.7. The van der Waals surface area contributed by atoms with Crippen molar-refractivity contribution in [1.82, 2.24) is 4.90 Å². The van der Waals surface area contributed by atoms with Crippen molar-refractivity contribution in [3.8, 4) is 5.75 Å². The van der Waals surface area contributed by atoms with Gasteiger partial charge in [0.15, 0.2) is 11.6 Å². The lowest BCUT2D eigenvalue weighted by Crippen LogP contribution is -2.43. The number of ether oxygens (including phenoxy) is 1. The highest BCUT2D eigenvalue weighted by Crippen LogP contribution is 2.25. The number of rotatable bonds is 5. The largest absolute Gasteiger partial charge is 0.489 e. The standard InChI is InChI=1S/C13H19FN2O3/c1-13(2,16(3)4)7-19-11-5-8(12(17)18)10(15)6-9(11)14/h5-6H,7,15H2,1-4H3,(H,17,18). The molecule has 0 aliphatic carbocycles. The molecule has 1 aromatic carbocycles. The van der Waals surface area contributed by atoms with Gasteiger partial charge in [-0.15, -0.1) is 0 Å². The minimum Gasteiger partial charge on any atom is -0.489 e. The van der Waals surface area contributed by atoms with Crippen LogP contribution in [-0.4, -0.2) is 42.2 Å². The molecule has 1 aromatic rings. The van der Waals surface area contributed by atoms with Gasteiger partial charge in [0.05, 0.1) is 5.56 Å². The number of benzene rings is 1. The number of anilines is 1. The van der Waals surface area contributed by atoms with Crippen molar-refractivity contribution in [2.45, 2.75) is 19.4 Å². The first-order chi connectivity index (χ1) is 8.65. The van der Waals surface area contributed by atoms with Gasteiger partial charge in [-0.05, 0) is 34.0 Å². The summed E-state index contributed by atoms with van der Waals surface area (Å²) in [6.07, 6.45) is 0. The topological polar surface area (TPSA) is 75.8 Å². The van der Waals surface area contributed by atoms with Crippen LogP contribution in [-0.2, 0) is 0 Å². The van der Waals surface area contributed by atoms with E-state index < -0.39 is 11.8 Å². The Bertz CT molecular complexity index is 487. The summed E-state index contributed by atoms with van der Waals surface area (Å²) in [7, 11) is 3.76. The first-order valence-electron chi connectivity index (χ1n) is 5.77. The Kier molecular flexibility index (Phi) is 4.36. The van der Waals surface area contributed by atoms with Crippen LogP contribution in [0.25, 0.3) is 0 Å². The minimum absolute atomic E-state index is 0.110. The van der Waals surface area contributed by atoms with Crippen molar-refractivity contribution in [3.63, 3.8) is 0 Å². The molecular formula is C13H19FN2O3. The minimum atomic E-state index is -1.21. The zero-order valence-corrected chi connectivity index (χ0v) is 11.5. The molecule has 19 heavy (non-hydrogen) atoms. The lowest BCUT2D eigenvalue weighted by atomic mass is 10.1. The highest BCUT2D eigenvalue weighted by atomic mass is 19.1. The molecule has 0 unspecified atom stereocenters. The van der Waals surface area contributed by atoms with E-state index in [9.17, 15) is 9.18 Å². The third-order valence-electron chi connectivity index (χ3n) is 3.13. The third-order valence-corrected chi connectivity index (χ3v) is 3.13. The Morgan fingerprint density at radius 1 is 1.47 bits per heavy atom. The average Bonchev–Trinajstić information content (AvgIpc) is 2.27. The van der Waals surface area contributed by atoms with Crippen LogP contribution in [0.15, 0.2) is 12.1 Å². The molecule has 0 saturated heterocycles. The average molecular weight is 270 g/mol. The molecule has 3 N–H and O–H groups in total. The maximum absolute atomic E-state index is 13.7. The molecule has 0 fully saturated rings.